The summed E-state index contributed by atoms with van der Waals surface area (Å²) in [6, 6.07) is 15.5. The van der Waals surface area contributed by atoms with Gasteiger partial charge in [-0.2, -0.15) is 0 Å². The first-order valence-electron chi connectivity index (χ1n) is 11.5. The molecular weight excluding hydrogens is 467 g/mol. The van der Waals surface area contributed by atoms with Gasteiger partial charge in [0.25, 0.3) is 5.91 Å². The molecule has 2 aromatic heterocycles. The normalized spacial score (nSPS) is 13.3. The summed E-state index contributed by atoms with van der Waals surface area (Å²) in [5.41, 5.74) is 3.73. The number of imidazole rings is 1. The fourth-order valence-electron chi connectivity index (χ4n) is 4.13. The van der Waals surface area contributed by atoms with Gasteiger partial charge in [-0.05, 0) is 42.7 Å². The summed E-state index contributed by atoms with van der Waals surface area (Å²) in [6.07, 6.45) is 3.63. The van der Waals surface area contributed by atoms with E-state index in [2.05, 4.69) is 20.6 Å². The summed E-state index contributed by atoms with van der Waals surface area (Å²) >= 11 is 0. The first kappa shape index (κ1) is 22.1. The van der Waals surface area contributed by atoms with Gasteiger partial charge in [0.1, 0.15) is 5.82 Å². The molecule has 1 amide bonds. The summed E-state index contributed by atoms with van der Waals surface area (Å²) in [5.74, 6) is -2.10. The number of benzene rings is 3. The highest BCUT2D eigenvalue weighted by atomic mass is 19.2. The molecule has 0 aliphatic heterocycles. The maximum atomic E-state index is 14.2. The zero-order chi connectivity index (χ0) is 24.8. The second kappa shape index (κ2) is 8.67. The molecule has 5 aromatic rings. The summed E-state index contributed by atoms with van der Waals surface area (Å²) in [7, 11) is 0. The number of amides is 1. The van der Waals surface area contributed by atoms with Crippen LogP contribution in [0.25, 0.3) is 27.9 Å². The number of rotatable bonds is 6. The highest BCUT2D eigenvalue weighted by molar-refractivity contribution is 5.95. The number of halogens is 3. The lowest BCUT2D eigenvalue weighted by Crippen LogP contribution is -2.25. The highest BCUT2D eigenvalue weighted by Crippen LogP contribution is 2.30. The number of nitrogens with one attached hydrogen (secondary N) is 2. The standard InChI is InChI=1S/C27H20F3N5O/c28-18-7-1-15(2-8-18)13-31-25-26-32-14-24(35(26)23-12-21(30)20(29)11-22(23)34-25)16-3-5-17(6-4-16)27(36)33-19-9-10-19/h1-8,11-12,14,19H,9-10,13H2,(H,31,34)(H,33,36). The van der Waals surface area contributed by atoms with Crippen molar-refractivity contribution in [3.63, 3.8) is 0 Å². The van der Waals surface area contributed by atoms with E-state index in [1.807, 2.05) is 0 Å². The maximum Gasteiger partial charge on any atom is 0.251 e. The van der Waals surface area contributed by atoms with Crippen LogP contribution in [0.5, 0.6) is 0 Å². The van der Waals surface area contributed by atoms with E-state index < -0.39 is 11.6 Å². The van der Waals surface area contributed by atoms with Crippen LogP contribution in [-0.4, -0.2) is 26.3 Å². The Labute approximate surface area is 203 Å². The van der Waals surface area contributed by atoms with Crippen LogP contribution in [0.3, 0.4) is 0 Å². The predicted molar refractivity (Wildman–Crippen MR) is 130 cm³/mol. The SMILES string of the molecule is O=C(NC1CC1)c1ccc(-c2cnc3c(NCc4ccc(F)cc4)nc4cc(F)c(F)cc4n23)cc1. The molecule has 1 aliphatic carbocycles. The Hall–Kier alpha value is -4.40. The Morgan fingerprint density at radius 2 is 1.69 bits per heavy atom. The van der Waals surface area contributed by atoms with E-state index in [1.165, 1.54) is 12.1 Å². The van der Waals surface area contributed by atoms with Crippen molar-refractivity contribution in [2.45, 2.75) is 25.4 Å². The lowest BCUT2D eigenvalue weighted by molar-refractivity contribution is 0.0951. The van der Waals surface area contributed by atoms with Crippen LogP contribution in [0.2, 0.25) is 0 Å². The van der Waals surface area contributed by atoms with Crippen LogP contribution in [0.4, 0.5) is 19.0 Å². The van der Waals surface area contributed by atoms with Crippen molar-refractivity contribution >= 4 is 28.4 Å². The van der Waals surface area contributed by atoms with Crippen molar-refractivity contribution in [3.05, 3.63) is 95.4 Å². The molecule has 1 aliphatic rings. The number of aromatic nitrogens is 3. The molecule has 9 heteroatoms. The van der Waals surface area contributed by atoms with Gasteiger partial charge in [0.05, 0.1) is 22.9 Å². The van der Waals surface area contributed by atoms with E-state index in [-0.39, 0.29) is 23.3 Å². The minimum atomic E-state index is -1.01. The van der Waals surface area contributed by atoms with Gasteiger partial charge < -0.3 is 10.6 Å². The molecule has 0 bridgehead atoms. The fourth-order valence-corrected chi connectivity index (χ4v) is 4.13. The first-order chi connectivity index (χ1) is 17.5. The molecule has 0 saturated heterocycles. The molecule has 0 atom stereocenters. The number of carbonyl (C=O) groups is 1. The lowest BCUT2D eigenvalue weighted by atomic mass is 10.1. The second-order valence-electron chi connectivity index (χ2n) is 8.82. The van der Waals surface area contributed by atoms with Gasteiger partial charge in [0, 0.05) is 35.8 Å². The van der Waals surface area contributed by atoms with Gasteiger partial charge in [-0.1, -0.05) is 24.3 Å². The zero-order valence-electron chi connectivity index (χ0n) is 18.9. The molecule has 2 N–H and O–H groups in total. The average molecular weight is 487 g/mol. The summed E-state index contributed by atoms with van der Waals surface area (Å²) in [6.45, 7) is 0.325. The lowest BCUT2D eigenvalue weighted by Gasteiger charge is -2.12. The number of nitrogens with zero attached hydrogens (tertiary/aromatic N) is 3. The Balaban J connectivity index is 1.43. The zero-order valence-corrected chi connectivity index (χ0v) is 18.9. The van der Waals surface area contributed by atoms with E-state index in [9.17, 15) is 18.0 Å². The first-order valence-corrected chi connectivity index (χ1v) is 11.5. The molecule has 36 heavy (non-hydrogen) atoms. The molecule has 3 aromatic carbocycles. The van der Waals surface area contributed by atoms with Crippen molar-refractivity contribution in [3.8, 4) is 11.3 Å². The molecule has 6 rings (SSSR count). The van der Waals surface area contributed by atoms with Gasteiger partial charge in [-0.25, -0.2) is 23.1 Å². The van der Waals surface area contributed by atoms with E-state index in [0.29, 0.717) is 34.8 Å². The fraction of sp³-hybridized carbons (Fsp3) is 0.148. The number of fused-ring (bicyclic) bond motifs is 3. The predicted octanol–water partition coefficient (Wildman–Crippen LogP) is 5.47. The Bertz CT molecular complexity index is 1610. The third-order valence-corrected chi connectivity index (χ3v) is 6.19. The molecule has 1 saturated carbocycles. The number of hydrogen-bond acceptors (Lipinski definition) is 4. The molecule has 0 spiro atoms. The Morgan fingerprint density at radius 3 is 2.42 bits per heavy atom. The topological polar surface area (TPSA) is 71.3 Å². The number of carbonyl (C=O) groups excluding carboxylic acids is 1. The highest BCUT2D eigenvalue weighted by Gasteiger charge is 2.24. The molecule has 2 heterocycles. The van der Waals surface area contributed by atoms with Crippen molar-refractivity contribution in [1.29, 1.82) is 0 Å². The molecule has 0 radical (unpaired) electrons. The molecular formula is C27H20F3N5O. The largest absolute Gasteiger partial charge is 0.363 e. The van der Waals surface area contributed by atoms with Crippen molar-refractivity contribution in [2.24, 2.45) is 0 Å². The number of anilines is 1. The van der Waals surface area contributed by atoms with Gasteiger partial charge in [0.15, 0.2) is 23.1 Å². The van der Waals surface area contributed by atoms with E-state index in [0.717, 1.165) is 36.1 Å². The minimum Gasteiger partial charge on any atom is -0.363 e. The van der Waals surface area contributed by atoms with E-state index in [4.69, 9.17) is 0 Å². The third kappa shape index (κ3) is 4.13. The van der Waals surface area contributed by atoms with Crippen LogP contribution in [-0.2, 0) is 6.54 Å². The van der Waals surface area contributed by atoms with Crippen molar-refractivity contribution in [1.82, 2.24) is 19.7 Å². The van der Waals surface area contributed by atoms with E-state index >= 15 is 0 Å². The van der Waals surface area contributed by atoms with Crippen LogP contribution in [0, 0.1) is 17.5 Å². The molecule has 0 unspecified atom stereocenters. The average Bonchev–Trinajstić information content (AvgIpc) is 3.58. The monoisotopic (exact) mass is 487 g/mol. The smallest absolute Gasteiger partial charge is 0.251 e. The van der Waals surface area contributed by atoms with Crippen molar-refractivity contribution < 1.29 is 18.0 Å². The minimum absolute atomic E-state index is 0.123. The summed E-state index contributed by atoms with van der Waals surface area (Å²) in [4.78, 5) is 21.4. The maximum absolute atomic E-state index is 14.2. The van der Waals surface area contributed by atoms with Crippen LogP contribution >= 0.6 is 0 Å². The molecule has 6 nitrogen and oxygen atoms in total. The van der Waals surface area contributed by atoms with Crippen LogP contribution in [0.15, 0.2) is 66.9 Å². The molecule has 180 valence electrons. The Kier molecular flexibility index (Phi) is 5.32. The van der Waals surface area contributed by atoms with Gasteiger partial charge in [0.2, 0.25) is 0 Å². The van der Waals surface area contributed by atoms with E-state index in [1.54, 1.807) is 47.0 Å². The molecule has 1 fully saturated rings. The summed E-state index contributed by atoms with van der Waals surface area (Å²) in [5, 5.41) is 6.13. The second-order valence-corrected chi connectivity index (χ2v) is 8.82. The van der Waals surface area contributed by atoms with Gasteiger partial charge in [-0.15, -0.1) is 0 Å². The Morgan fingerprint density at radius 1 is 0.972 bits per heavy atom. The van der Waals surface area contributed by atoms with Crippen LogP contribution < -0.4 is 10.6 Å². The van der Waals surface area contributed by atoms with Crippen molar-refractivity contribution in [2.75, 3.05) is 5.32 Å². The summed E-state index contributed by atoms with van der Waals surface area (Å²) < 4.78 is 43.3. The van der Waals surface area contributed by atoms with Gasteiger partial charge >= 0.3 is 0 Å². The van der Waals surface area contributed by atoms with Gasteiger partial charge in [-0.3, -0.25) is 9.20 Å². The quantitative estimate of drug-likeness (QED) is 0.333. The number of hydrogen-bond donors (Lipinski definition) is 2. The third-order valence-electron chi connectivity index (χ3n) is 6.19. The van der Waals surface area contributed by atoms with Crippen LogP contribution in [0.1, 0.15) is 28.8 Å².